The molecule has 0 aliphatic carbocycles. The van der Waals surface area contributed by atoms with Gasteiger partial charge in [0.05, 0.1) is 26.2 Å². The predicted molar refractivity (Wildman–Crippen MR) is 121 cm³/mol. The van der Waals surface area contributed by atoms with Crippen LogP contribution in [0.1, 0.15) is 17.5 Å². The maximum absolute atomic E-state index is 12.8. The minimum absolute atomic E-state index is 0.0873. The second kappa shape index (κ2) is 9.70. The number of carbonyl (C=O) groups excluding carboxylic acids is 3. The lowest BCUT2D eigenvalue weighted by Gasteiger charge is -2.26. The van der Waals surface area contributed by atoms with Gasteiger partial charge < -0.3 is 24.8 Å². The van der Waals surface area contributed by atoms with Crippen LogP contribution in [0.2, 0.25) is 0 Å². The van der Waals surface area contributed by atoms with Gasteiger partial charge in [0.1, 0.15) is 6.04 Å². The molecule has 2 saturated heterocycles. The van der Waals surface area contributed by atoms with E-state index in [9.17, 15) is 14.4 Å². The summed E-state index contributed by atoms with van der Waals surface area (Å²) in [5.41, 5.74) is 2.53. The summed E-state index contributed by atoms with van der Waals surface area (Å²) in [5, 5.41) is 5.41. The Bertz CT molecular complexity index is 1080. The Labute approximate surface area is 196 Å². The number of nitrogens with zero attached hydrogens (tertiary/aromatic N) is 2. The van der Waals surface area contributed by atoms with Crippen LogP contribution >= 0.6 is 0 Å². The second-order valence-electron chi connectivity index (χ2n) is 8.45. The number of amides is 4. The monoisotopic (exact) mass is 466 g/mol. The fraction of sp³-hybridized carbons (Fsp3) is 0.375. The van der Waals surface area contributed by atoms with Gasteiger partial charge in [-0.1, -0.05) is 18.2 Å². The molecule has 178 valence electrons. The molecule has 3 heterocycles. The zero-order chi connectivity index (χ0) is 23.5. The van der Waals surface area contributed by atoms with Crippen LogP contribution in [0.3, 0.4) is 0 Å². The van der Waals surface area contributed by atoms with Crippen LogP contribution in [-0.4, -0.2) is 66.8 Å². The van der Waals surface area contributed by atoms with Crippen molar-refractivity contribution in [3.05, 3.63) is 53.6 Å². The highest BCUT2D eigenvalue weighted by Gasteiger charge is 2.39. The van der Waals surface area contributed by atoms with Crippen molar-refractivity contribution >= 4 is 23.5 Å². The van der Waals surface area contributed by atoms with E-state index in [1.807, 2.05) is 24.3 Å². The first-order chi connectivity index (χ1) is 16.5. The molecule has 4 amide bonds. The zero-order valence-electron chi connectivity index (χ0n) is 18.6. The van der Waals surface area contributed by atoms with Crippen molar-refractivity contribution in [3.8, 4) is 11.5 Å². The number of nitrogens with one attached hydrogen (secondary N) is 2. The van der Waals surface area contributed by atoms with Crippen molar-refractivity contribution in [3.63, 3.8) is 0 Å². The molecule has 2 aromatic rings. The van der Waals surface area contributed by atoms with Crippen LogP contribution in [-0.2, 0) is 27.4 Å². The van der Waals surface area contributed by atoms with Crippen molar-refractivity contribution < 1.29 is 28.6 Å². The number of hydrogen-bond acceptors (Lipinski definition) is 7. The Morgan fingerprint density at radius 2 is 1.71 bits per heavy atom. The molecule has 2 N–H and O–H groups in total. The number of ether oxygens (including phenoxy) is 3. The molecule has 10 heteroatoms. The van der Waals surface area contributed by atoms with Crippen LogP contribution in [0.25, 0.3) is 0 Å². The maximum atomic E-state index is 12.8. The van der Waals surface area contributed by atoms with E-state index >= 15 is 0 Å². The van der Waals surface area contributed by atoms with Gasteiger partial charge in [0.25, 0.3) is 5.91 Å². The number of anilines is 1. The van der Waals surface area contributed by atoms with Gasteiger partial charge in [-0.05, 0) is 35.4 Å². The van der Waals surface area contributed by atoms with Crippen molar-refractivity contribution in [1.29, 1.82) is 0 Å². The average Bonchev–Trinajstić information content (AvgIpc) is 3.41. The number of hydrogen-bond donors (Lipinski definition) is 2. The standard InChI is InChI=1S/C24H26N4O6/c29-22(25-18-4-1-16(2-5-18)13-27-7-9-32-10-8-27)12-19-23(30)28(24(31)26-19)14-17-3-6-20-21(11-17)34-15-33-20/h1-6,11,19H,7-10,12-15H2,(H,25,29)(H,26,31)/t19-/m1/s1. The summed E-state index contributed by atoms with van der Waals surface area (Å²) >= 11 is 0. The third-order valence-corrected chi connectivity index (χ3v) is 6.02. The van der Waals surface area contributed by atoms with Gasteiger partial charge in [0.15, 0.2) is 11.5 Å². The molecular weight excluding hydrogens is 440 g/mol. The number of rotatable bonds is 7. The Balaban J connectivity index is 1.13. The van der Waals surface area contributed by atoms with Crippen molar-refractivity contribution in [2.24, 2.45) is 0 Å². The fourth-order valence-corrected chi connectivity index (χ4v) is 4.20. The quantitative estimate of drug-likeness (QED) is 0.598. The van der Waals surface area contributed by atoms with Crippen LogP contribution in [0, 0.1) is 0 Å². The lowest BCUT2D eigenvalue weighted by Crippen LogP contribution is -2.35. The topological polar surface area (TPSA) is 109 Å². The van der Waals surface area contributed by atoms with Gasteiger partial charge >= 0.3 is 6.03 Å². The van der Waals surface area contributed by atoms with Crippen LogP contribution in [0.4, 0.5) is 10.5 Å². The van der Waals surface area contributed by atoms with Gasteiger partial charge in [0, 0.05) is 25.3 Å². The first-order valence-corrected chi connectivity index (χ1v) is 11.2. The molecule has 0 bridgehead atoms. The molecule has 10 nitrogen and oxygen atoms in total. The van der Waals surface area contributed by atoms with E-state index in [0.717, 1.165) is 48.9 Å². The van der Waals surface area contributed by atoms with E-state index in [-0.39, 0.29) is 25.7 Å². The molecule has 0 radical (unpaired) electrons. The van der Waals surface area contributed by atoms with Crippen molar-refractivity contribution in [1.82, 2.24) is 15.1 Å². The molecule has 2 fully saturated rings. The zero-order valence-corrected chi connectivity index (χ0v) is 18.6. The molecule has 1 atom stereocenters. The minimum Gasteiger partial charge on any atom is -0.454 e. The first kappa shape index (κ1) is 22.2. The van der Waals surface area contributed by atoms with Crippen molar-refractivity contribution in [2.75, 3.05) is 38.4 Å². The summed E-state index contributed by atoms with van der Waals surface area (Å²) < 4.78 is 16.0. The number of fused-ring (bicyclic) bond motifs is 1. The van der Waals surface area contributed by atoms with Gasteiger partial charge in [-0.3, -0.25) is 19.4 Å². The van der Waals surface area contributed by atoms with Crippen molar-refractivity contribution in [2.45, 2.75) is 25.6 Å². The summed E-state index contributed by atoms with van der Waals surface area (Å²) in [7, 11) is 0. The summed E-state index contributed by atoms with van der Waals surface area (Å²) in [6, 6.07) is 11.5. The molecule has 3 aliphatic heterocycles. The fourth-order valence-electron chi connectivity index (χ4n) is 4.20. The summed E-state index contributed by atoms with van der Waals surface area (Å²) in [4.78, 5) is 41.1. The van der Waals surface area contributed by atoms with E-state index in [0.29, 0.717) is 17.2 Å². The lowest BCUT2D eigenvalue weighted by molar-refractivity contribution is -0.130. The van der Waals surface area contributed by atoms with Crippen LogP contribution < -0.4 is 20.1 Å². The van der Waals surface area contributed by atoms with Gasteiger partial charge in [0.2, 0.25) is 12.7 Å². The molecule has 0 unspecified atom stereocenters. The molecule has 0 saturated carbocycles. The number of urea groups is 1. The lowest BCUT2D eigenvalue weighted by atomic mass is 10.1. The Kier molecular flexibility index (Phi) is 6.33. The van der Waals surface area contributed by atoms with E-state index < -0.39 is 18.0 Å². The highest BCUT2D eigenvalue weighted by Crippen LogP contribution is 2.33. The van der Waals surface area contributed by atoms with E-state index in [1.54, 1.807) is 18.2 Å². The Morgan fingerprint density at radius 1 is 0.971 bits per heavy atom. The second-order valence-corrected chi connectivity index (χ2v) is 8.45. The molecule has 34 heavy (non-hydrogen) atoms. The third-order valence-electron chi connectivity index (χ3n) is 6.02. The maximum Gasteiger partial charge on any atom is 0.325 e. The smallest absolute Gasteiger partial charge is 0.325 e. The van der Waals surface area contributed by atoms with Gasteiger partial charge in [-0.2, -0.15) is 0 Å². The molecule has 5 rings (SSSR count). The largest absolute Gasteiger partial charge is 0.454 e. The number of morpholine rings is 1. The van der Waals surface area contributed by atoms with Gasteiger partial charge in [-0.15, -0.1) is 0 Å². The molecule has 2 aromatic carbocycles. The summed E-state index contributed by atoms with van der Waals surface area (Å²) in [6.45, 7) is 4.38. The first-order valence-electron chi connectivity index (χ1n) is 11.2. The average molecular weight is 466 g/mol. The number of imide groups is 1. The highest BCUT2D eigenvalue weighted by atomic mass is 16.7. The predicted octanol–water partition coefficient (Wildman–Crippen LogP) is 1.70. The van der Waals surface area contributed by atoms with E-state index in [2.05, 4.69) is 15.5 Å². The highest BCUT2D eigenvalue weighted by molar-refractivity contribution is 6.06. The molecule has 0 aromatic heterocycles. The number of benzene rings is 2. The molecular formula is C24H26N4O6. The summed E-state index contributed by atoms with van der Waals surface area (Å²) in [6.07, 6.45) is -0.141. The Morgan fingerprint density at radius 3 is 2.50 bits per heavy atom. The van der Waals surface area contributed by atoms with Gasteiger partial charge in [-0.25, -0.2) is 4.79 Å². The third kappa shape index (κ3) is 4.97. The normalized spacial score (nSPS) is 19.9. The SMILES string of the molecule is O=C(C[C@H]1NC(=O)N(Cc2ccc3c(c2)OCO3)C1=O)Nc1ccc(CN2CCOCC2)cc1. The van der Waals surface area contributed by atoms with Crippen LogP contribution in [0.15, 0.2) is 42.5 Å². The molecule has 3 aliphatic rings. The summed E-state index contributed by atoms with van der Waals surface area (Å²) in [5.74, 6) is 0.434. The van der Waals surface area contributed by atoms with E-state index in [1.165, 1.54) is 0 Å². The Hall–Kier alpha value is -3.63. The van der Waals surface area contributed by atoms with E-state index in [4.69, 9.17) is 14.2 Å². The molecule has 0 spiro atoms. The number of carbonyl (C=O) groups is 3. The van der Waals surface area contributed by atoms with Crippen LogP contribution in [0.5, 0.6) is 11.5 Å². The minimum atomic E-state index is -0.901.